The Balaban J connectivity index is 2.01. The van der Waals surface area contributed by atoms with Crippen molar-refractivity contribution in [3.8, 4) is 5.75 Å². The minimum Gasteiger partial charge on any atom is -0.505 e. The molecule has 2 atom stereocenters. The summed E-state index contributed by atoms with van der Waals surface area (Å²) in [4.78, 5) is 12.0. The van der Waals surface area contributed by atoms with Crippen molar-refractivity contribution in [2.45, 2.75) is 32.0 Å². The molecule has 2 unspecified atom stereocenters. The summed E-state index contributed by atoms with van der Waals surface area (Å²) in [5, 5.41) is 12.5. The summed E-state index contributed by atoms with van der Waals surface area (Å²) >= 11 is 0. The number of benzene rings is 1. The zero-order valence-electron chi connectivity index (χ0n) is 10.3. The Morgan fingerprint density at radius 3 is 3.00 bits per heavy atom. The number of anilines is 1. The molecule has 18 heavy (non-hydrogen) atoms. The highest BCUT2D eigenvalue weighted by atomic mass is 16.5. The van der Waals surface area contributed by atoms with Gasteiger partial charge in [-0.3, -0.25) is 4.79 Å². The highest BCUT2D eigenvalue weighted by molar-refractivity contribution is 5.95. The molecule has 1 saturated heterocycles. The molecule has 1 heterocycles. The molecule has 1 fully saturated rings. The van der Waals surface area contributed by atoms with Crippen LogP contribution in [-0.2, 0) is 9.53 Å². The number of phenols is 1. The SMILES string of the molecule is Cc1cccc(NC(=O)C2CCC(CN)O2)c1O. The summed E-state index contributed by atoms with van der Waals surface area (Å²) in [6.45, 7) is 2.21. The Bertz CT molecular complexity index is 448. The Morgan fingerprint density at radius 2 is 2.33 bits per heavy atom. The predicted molar refractivity (Wildman–Crippen MR) is 68.4 cm³/mol. The maximum absolute atomic E-state index is 12.0. The first kappa shape index (κ1) is 12.9. The fraction of sp³-hybridized carbons (Fsp3) is 0.462. The summed E-state index contributed by atoms with van der Waals surface area (Å²) < 4.78 is 5.50. The first-order chi connectivity index (χ1) is 8.61. The number of amides is 1. The number of para-hydroxylation sites is 1. The van der Waals surface area contributed by atoms with E-state index in [0.717, 1.165) is 12.0 Å². The number of carbonyl (C=O) groups excluding carboxylic acids is 1. The summed E-state index contributed by atoms with van der Waals surface area (Å²) in [7, 11) is 0. The fourth-order valence-electron chi connectivity index (χ4n) is 2.05. The fourth-order valence-corrected chi connectivity index (χ4v) is 2.05. The van der Waals surface area contributed by atoms with Crippen molar-refractivity contribution in [2.24, 2.45) is 5.73 Å². The minimum atomic E-state index is -0.474. The van der Waals surface area contributed by atoms with Crippen molar-refractivity contribution < 1.29 is 14.6 Å². The second-order valence-electron chi connectivity index (χ2n) is 4.52. The maximum Gasteiger partial charge on any atom is 0.253 e. The molecular formula is C13H18N2O3. The van der Waals surface area contributed by atoms with E-state index in [2.05, 4.69) is 5.32 Å². The van der Waals surface area contributed by atoms with Gasteiger partial charge in [-0.1, -0.05) is 12.1 Å². The van der Waals surface area contributed by atoms with Crippen LogP contribution in [0.5, 0.6) is 5.75 Å². The summed E-state index contributed by atoms with van der Waals surface area (Å²) in [6, 6.07) is 5.22. The highest BCUT2D eigenvalue weighted by Gasteiger charge is 2.30. The summed E-state index contributed by atoms with van der Waals surface area (Å²) in [5.74, 6) is -0.133. The molecule has 1 aliphatic heterocycles. The smallest absolute Gasteiger partial charge is 0.253 e. The number of hydrogen-bond donors (Lipinski definition) is 3. The van der Waals surface area contributed by atoms with Gasteiger partial charge in [0.05, 0.1) is 11.8 Å². The molecule has 0 bridgehead atoms. The Kier molecular flexibility index (Phi) is 3.84. The number of carbonyl (C=O) groups is 1. The van der Waals surface area contributed by atoms with Crippen molar-refractivity contribution in [2.75, 3.05) is 11.9 Å². The molecule has 0 spiro atoms. The second-order valence-corrected chi connectivity index (χ2v) is 4.52. The van der Waals surface area contributed by atoms with Crippen LogP contribution in [0.2, 0.25) is 0 Å². The molecule has 4 N–H and O–H groups in total. The van der Waals surface area contributed by atoms with Crippen LogP contribution >= 0.6 is 0 Å². The number of hydrogen-bond acceptors (Lipinski definition) is 4. The van der Waals surface area contributed by atoms with Crippen LogP contribution in [0, 0.1) is 6.92 Å². The largest absolute Gasteiger partial charge is 0.505 e. The van der Waals surface area contributed by atoms with E-state index < -0.39 is 6.10 Å². The van der Waals surface area contributed by atoms with E-state index in [1.807, 2.05) is 0 Å². The van der Waals surface area contributed by atoms with Gasteiger partial charge in [0, 0.05) is 6.54 Å². The van der Waals surface area contributed by atoms with Crippen molar-refractivity contribution >= 4 is 11.6 Å². The first-order valence-corrected chi connectivity index (χ1v) is 6.06. The van der Waals surface area contributed by atoms with E-state index >= 15 is 0 Å². The number of aromatic hydroxyl groups is 1. The van der Waals surface area contributed by atoms with Gasteiger partial charge in [-0.2, -0.15) is 0 Å². The van der Waals surface area contributed by atoms with Gasteiger partial charge in [-0.25, -0.2) is 0 Å². The van der Waals surface area contributed by atoms with Crippen LogP contribution < -0.4 is 11.1 Å². The summed E-state index contributed by atoms with van der Waals surface area (Å²) in [5.41, 5.74) is 6.63. The zero-order chi connectivity index (χ0) is 13.1. The minimum absolute atomic E-state index is 0.0353. The molecule has 0 aliphatic carbocycles. The molecule has 1 amide bonds. The van der Waals surface area contributed by atoms with Crippen LogP contribution in [0.1, 0.15) is 18.4 Å². The van der Waals surface area contributed by atoms with Crippen LogP contribution in [0.15, 0.2) is 18.2 Å². The van der Waals surface area contributed by atoms with Crippen molar-refractivity contribution in [3.63, 3.8) is 0 Å². The molecule has 0 aromatic heterocycles. The Morgan fingerprint density at radius 1 is 1.56 bits per heavy atom. The van der Waals surface area contributed by atoms with Crippen molar-refractivity contribution in [1.82, 2.24) is 0 Å². The van der Waals surface area contributed by atoms with Crippen LogP contribution in [0.25, 0.3) is 0 Å². The lowest BCUT2D eigenvalue weighted by Gasteiger charge is -2.14. The van der Waals surface area contributed by atoms with Gasteiger partial charge in [-0.15, -0.1) is 0 Å². The van der Waals surface area contributed by atoms with Gasteiger partial charge in [0.2, 0.25) is 0 Å². The first-order valence-electron chi connectivity index (χ1n) is 6.06. The number of phenolic OH excluding ortho intramolecular Hbond substituents is 1. The molecule has 2 rings (SSSR count). The number of aryl methyl sites for hydroxylation is 1. The predicted octanol–water partition coefficient (Wildman–Crippen LogP) is 1.15. The van der Waals surface area contributed by atoms with Gasteiger partial charge >= 0.3 is 0 Å². The van der Waals surface area contributed by atoms with Crippen molar-refractivity contribution in [1.29, 1.82) is 0 Å². The van der Waals surface area contributed by atoms with Gasteiger partial charge in [0.1, 0.15) is 11.9 Å². The Labute approximate surface area is 106 Å². The van der Waals surface area contributed by atoms with Crippen molar-refractivity contribution in [3.05, 3.63) is 23.8 Å². The van der Waals surface area contributed by atoms with Crippen LogP contribution in [0.4, 0.5) is 5.69 Å². The molecular weight excluding hydrogens is 232 g/mol. The standard InChI is InChI=1S/C13H18N2O3/c1-8-3-2-4-10(12(8)16)15-13(17)11-6-5-9(7-14)18-11/h2-4,9,11,16H,5-7,14H2,1H3,(H,15,17). The van der Waals surface area contributed by atoms with Gasteiger partial charge in [0.15, 0.2) is 0 Å². The molecule has 5 heteroatoms. The van der Waals surface area contributed by atoms with E-state index in [-0.39, 0.29) is 17.8 Å². The summed E-state index contributed by atoms with van der Waals surface area (Å²) in [6.07, 6.45) is 0.958. The highest BCUT2D eigenvalue weighted by Crippen LogP contribution is 2.28. The van der Waals surface area contributed by atoms with Gasteiger partial charge < -0.3 is 20.9 Å². The third kappa shape index (κ3) is 2.63. The van der Waals surface area contributed by atoms with E-state index in [0.29, 0.717) is 18.7 Å². The topological polar surface area (TPSA) is 84.6 Å². The van der Waals surface area contributed by atoms with E-state index in [1.165, 1.54) is 0 Å². The molecule has 1 aliphatic rings. The molecule has 98 valence electrons. The normalized spacial score (nSPS) is 23.0. The molecule has 1 aromatic carbocycles. The average molecular weight is 250 g/mol. The third-order valence-corrected chi connectivity index (χ3v) is 3.16. The number of rotatable bonds is 3. The quantitative estimate of drug-likeness (QED) is 0.702. The van der Waals surface area contributed by atoms with E-state index in [1.54, 1.807) is 25.1 Å². The molecule has 0 radical (unpaired) electrons. The second kappa shape index (κ2) is 5.37. The average Bonchev–Trinajstić information content (AvgIpc) is 2.83. The third-order valence-electron chi connectivity index (χ3n) is 3.16. The van der Waals surface area contributed by atoms with Gasteiger partial charge in [0.25, 0.3) is 5.91 Å². The monoisotopic (exact) mass is 250 g/mol. The van der Waals surface area contributed by atoms with E-state index in [9.17, 15) is 9.90 Å². The lowest BCUT2D eigenvalue weighted by molar-refractivity contribution is -0.126. The van der Waals surface area contributed by atoms with Crippen LogP contribution in [-0.4, -0.2) is 29.8 Å². The van der Waals surface area contributed by atoms with E-state index in [4.69, 9.17) is 10.5 Å². The van der Waals surface area contributed by atoms with Crippen LogP contribution in [0.3, 0.4) is 0 Å². The number of nitrogens with two attached hydrogens (primary N) is 1. The molecule has 1 aromatic rings. The maximum atomic E-state index is 12.0. The molecule has 0 saturated carbocycles. The molecule has 5 nitrogen and oxygen atoms in total. The lowest BCUT2D eigenvalue weighted by Crippen LogP contribution is -2.29. The van der Waals surface area contributed by atoms with Gasteiger partial charge in [-0.05, 0) is 31.4 Å². The zero-order valence-corrected chi connectivity index (χ0v) is 10.3. The Hall–Kier alpha value is -1.59. The number of ether oxygens (including phenoxy) is 1. The lowest BCUT2D eigenvalue weighted by atomic mass is 10.1. The number of nitrogens with one attached hydrogen (secondary N) is 1.